The van der Waals surface area contributed by atoms with Crippen LogP contribution in [0, 0.1) is 0 Å². The van der Waals surface area contributed by atoms with Crippen molar-refractivity contribution in [1.29, 1.82) is 0 Å². The molecule has 1 N–H and O–H groups in total. The summed E-state index contributed by atoms with van der Waals surface area (Å²) in [6.45, 7) is 5.99. The van der Waals surface area contributed by atoms with E-state index in [4.69, 9.17) is 4.74 Å². The Morgan fingerprint density at radius 1 is 1.20 bits per heavy atom. The lowest BCUT2D eigenvalue weighted by atomic mass is 10.1. The number of hydrogen-bond acceptors (Lipinski definition) is 5. The molecule has 1 aromatic carbocycles. The lowest BCUT2D eigenvalue weighted by Gasteiger charge is -2.26. The van der Waals surface area contributed by atoms with Crippen LogP contribution in [0.5, 0.6) is 0 Å². The molecule has 6 nitrogen and oxygen atoms in total. The summed E-state index contributed by atoms with van der Waals surface area (Å²) < 4.78 is 5.00. The molecule has 0 aliphatic carbocycles. The van der Waals surface area contributed by atoms with Gasteiger partial charge in [0.2, 0.25) is 5.95 Å². The minimum atomic E-state index is -0.0650. The van der Waals surface area contributed by atoms with E-state index in [1.165, 1.54) is 0 Å². The Bertz CT molecular complexity index is 644. The smallest absolute Gasteiger partial charge is 0.257 e. The molecule has 0 unspecified atom stereocenters. The van der Waals surface area contributed by atoms with Gasteiger partial charge in [-0.05, 0) is 25.8 Å². The van der Waals surface area contributed by atoms with Crippen LogP contribution in [0.15, 0.2) is 42.7 Å². The minimum absolute atomic E-state index is 0.0650. The quantitative estimate of drug-likeness (QED) is 0.710. The van der Waals surface area contributed by atoms with Gasteiger partial charge in [-0.15, -0.1) is 0 Å². The fourth-order valence-corrected chi connectivity index (χ4v) is 2.38. The Morgan fingerprint density at radius 2 is 1.88 bits per heavy atom. The fraction of sp³-hybridized carbons (Fsp3) is 0.421. The molecule has 25 heavy (non-hydrogen) atoms. The highest BCUT2D eigenvalue weighted by Crippen LogP contribution is 2.13. The average molecular weight is 342 g/mol. The molecule has 2 rings (SSSR count). The second-order valence-electron chi connectivity index (χ2n) is 6.08. The maximum absolute atomic E-state index is 12.8. The van der Waals surface area contributed by atoms with Gasteiger partial charge in [0.05, 0.1) is 5.56 Å². The van der Waals surface area contributed by atoms with Gasteiger partial charge in [-0.2, -0.15) is 0 Å². The third-order valence-corrected chi connectivity index (χ3v) is 3.79. The summed E-state index contributed by atoms with van der Waals surface area (Å²) in [6.07, 6.45) is 4.03. The first-order chi connectivity index (χ1) is 12.1. The van der Waals surface area contributed by atoms with Crippen LogP contribution >= 0.6 is 0 Å². The van der Waals surface area contributed by atoms with Crippen molar-refractivity contribution in [2.24, 2.45) is 0 Å². The van der Waals surface area contributed by atoms with Crippen molar-refractivity contribution in [3.05, 3.63) is 53.9 Å². The van der Waals surface area contributed by atoms with Crippen LogP contribution in [0.2, 0.25) is 0 Å². The summed E-state index contributed by atoms with van der Waals surface area (Å²) in [4.78, 5) is 23.1. The van der Waals surface area contributed by atoms with Gasteiger partial charge >= 0.3 is 0 Å². The van der Waals surface area contributed by atoms with Crippen molar-refractivity contribution >= 4 is 11.9 Å². The van der Waals surface area contributed by atoms with Gasteiger partial charge in [-0.3, -0.25) is 4.79 Å². The van der Waals surface area contributed by atoms with Crippen LogP contribution in [-0.2, 0) is 11.3 Å². The Balaban J connectivity index is 2.01. The molecule has 0 atom stereocenters. The molecule has 0 spiro atoms. The number of nitrogens with one attached hydrogen (secondary N) is 1. The van der Waals surface area contributed by atoms with Gasteiger partial charge in [0.1, 0.15) is 0 Å². The zero-order chi connectivity index (χ0) is 18.1. The third kappa shape index (κ3) is 5.83. The fourth-order valence-electron chi connectivity index (χ4n) is 2.38. The first-order valence-electron chi connectivity index (χ1n) is 8.51. The van der Waals surface area contributed by atoms with Crippen molar-refractivity contribution in [3.8, 4) is 0 Å². The first-order valence-corrected chi connectivity index (χ1v) is 8.51. The average Bonchev–Trinajstić information content (AvgIpc) is 2.64. The summed E-state index contributed by atoms with van der Waals surface area (Å²) in [7, 11) is 1.67. The normalized spacial score (nSPS) is 10.7. The molecular weight excluding hydrogens is 316 g/mol. The number of carbonyl (C=O) groups excluding carboxylic acids is 1. The van der Waals surface area contributed by atoms with Gasteiger partial charge < -0.3 is 15.0 Å². The van der Waals surface area contributed by atoms with Crippen LogP contribution in [0.3, 0.4) is 0 Å². The Hall–Kier alpha value is -2.47. The van der Waals surface area contributed by atoms with Crippen LogP contribution in [0.4, 0.5) is 5.95 Å². The van der Waals surface area contributed by atoms with Gasteiger partial charge in [-0.1, -0.05) is 30.3 Å². The molecular formula is C19H26N4O2. The standard InChI is InChI=1S/C19H26N4O2/c1-15(2)23(14-16-8-5-4-6-9-16)18(24)17-12-21-19(22-13-17)20-10-7-11-25-3/h4-6,8-9,12-13,15H,7,10-11,14H2,1-3H3,(H,20,21,22). The van der Waals surface area contributed by atoms with Crippen molar-refractivity contribution < 1.29 is 9.53 Å². The number of methoxy groups -OCH3 is 1. The molecule has 0 aliphatic rings. The van der Waals surface area contributed by atoms with Crippen LogP contribution in [-0.4, -0.2) is 47.1 Å². The zero-order valence-electron chi connectivity index (χ0n) is 15.1. The molecule has 0 saturated heterocycles. The Labute approximate surface area is 149 Å². The molecule has 0 saturated carbocycles. The first kappa shape index (κ1) is 18.9. The van der Waals surface area contributed by atoms with Crippen LogP contribution in [0.1, 0.15) is 36.2 Å². The third-order valence-electron chi connectivity index (χ3n) is 3.79. The molecule has 0 aliphatic heterocycles. The van der Waals surface area contributed by atoms with E-state index >= 15 is 0 Å². The minimum Gasteiger partial charge on any atom is -0.385 e. The van der Waals surface area contributed by atoms with Crippen molar-refractivity contribution in [2.45, 2.75) is 32.9 Å². The topological polar surface area (TPSA) is 67.3 Å². The largest absolute Gasteiger partial charge is 0.385 e. The number of ether oxygens (including phenoxy) is 1. The Kier molecular flexibility index (Phi) is 7.35. The highest BCUT2D eigenvalue weighted by Gasteiger charge is 2.19. The van der Waals surface area contributed by atoms with E-state index in [2.05, 4.69) is 15.3 Å². The number of nitrogens with zero attached hydrogens (tertiary/aromatic N) is 3. The predicted molar refractivity (Wildman–Crippen MR) is 98.5 cm³/mol. The van der Waals surface area contributed by atoms with E-state index < -0.39 is 0 Å². The summed E-state index contributed by atoms with van der Waals surface area (Å²) in [5, 5.41) is 3.11. The number of rotatable bonds is 9. The van der Waals surface area contributed by atoms with E-state index in [1.807, 2.05) is 49.1 Å². The summed E-state index contributed by atoms with van der Waals surface area (Å²) >= 11 is 0. The van der Waals surface area contributed by atoms with Crippen LogP contribution in [0.25, 0.3) is 0 Å². The molecule has 0 bridgehead atoms. The highest BCUT2D eigenvalue weighted by molar-refractivity contribution is 5.93. The Morgan fingerprint density at radius 3 is 2.48 bits per heavy atom. The van der Waals surface area contributed by atoms with E-state index in [0.29, 0.717) is 24.7 Å². The van der Waals surface area contributed by atoms with E-state index in [9.17, 15) is 4.79 Å². The number of anilines is 1. The summed E-state index contributed by atoms with van der Waals surface area (Å²) in [6, 6.07) is 10.0. The molecule has 1 aromatic heterocycles. The number of aromatic nitrogens is 2. The van der Waals surface area contributed by atoms with Gasteiger partial charge in [-0.25, -0.2) is 9.97 Å². The molecule has 134 valence electrons. The second-order valence-corrected chi connectivity index (χ2v) is 6.08. The molecule has 0 fully saturated rings. The van der Waals surface area contributed by atoms with E-state index in [-0.39, 0.29) is 11.9 Å². The van der Waals surface area contributed by atoms with Gasteiger partial charge in [0, 0.05) is 45.2 Å². The molecule has 6 heteroatoms. The highest BCUT2D eigenvalue weighted by atomic mass is 16.5. The van der Waals surface area contributed by atoms with Crippen molar-refractivity contribution in [1.82, 2.24) is 14.9 Å². The maximum atomic E-state index is 12.8. The van der Waals surface area contributed by atoms with Gasteiger partial charge in [0.15, 0.2) is 0 Å². The predicted octanol–water partition coefficient (Wildman–Crippen LogP) is 2.98. The lowest BCUT2D eigenvalue weighted by Crippen LogP contribution is -2.36. The number of hydrogen-bond donors (Lipinski definition) is 1. The molecule has 1 heterocycles. The number of carbonyl (C=O) groups is 1. The molecule has 2 aromatic rings. The second kappa shape index (κ2) is 9.74. The van der Waals surface area contributed by atoms with Gasteiger partial charge in [0.25, 0.3) is 5.91 Å². The monoisotopic (exact) mass is 342 g/mol. The van der Waals surface area contributed by atoms with Crippen LogP contribution < -0.4 is 5.32 Å². The van der Waals surface area contributed by atoms with Crippen molar-refractivity contribution in [2.75, 3.05) is 25.6 Å². The summed E-state index contributed by atoms with van der Waals surface area (Å²) in [5.74, 6) is 0.455. The zero-order valence-corrected chi connectivity index (χ0v) is 15.1. The van der Waals surface area contributed by atoms with Crippen molar-refractivity contribution in [3.63, 3.8) is 0 Å². The molecule has 1 amide bonds. The van der Waals surface area contributed by atoms with E-state index in [0.717, 1.165) is 18.5 Å². The summed E-state index contributed by atoms with van der Waals surface area (Å²) in [5.41, 5.74) is 1.59. The lowest BCUT2D eigenvalue weighted by molar-refractivity contribution is 0.0689. The molecule has 0 radical (unpaired) electrons. The number of benzene rings is 1. The number of amides is 1. The SMILES string of the molecule is COCCCNc1ncc(C(=O)N(Cc2ccccc2)C(C)C)cn1. The van der Waals surface area contributed by atoms with E-state index in [1.54, 1.807) is 19.5 Å². The maximum Gasteiger partial charge on any atom is 0.257 e.